The van der Waals surface area contributed by atoms with Crippen molar-refractivity contribution < 1.29 is 19.1 Å². The van der Waals surface area contributed by atoms with Gasteiger partial charge < -0.3 is 19.7 Å². The lowest BCUT2D eigenvalue weighted by molar-refractivity contribution is 0.0289. The second-order valence-corrected chi connectivity index (χ2v) is 8.07. The Balaban J connectivity index is 1.88. The van der Waals surface area contributed by atoms with Crippen molar-refractivity contribution in [2.75, 3.05) is 32.6 Å². The number of rotatable bonds is 10. The molecule has 2 rings (SSSR count). The minimum Gasteiger partial charge on any atom is -0.494 e. The number of carbonyl (C=O) groups excluding carboxylic acids is 2. The fraction of sp³-hybridized carbons (Fsp3) is 0.417. The highest BCUT2D eigenvalue weighted by Gasteiger charge is 2.13. The molecular formula is C24H32N2O4. The second kappa shape index (κ2) is 11.4. The van der Waals surface area contributed by atoms with Gasteiger partial charge in [0.05, 0.1) is 12.2 Å². The van der Waals surface area contributed by atoms with Crippen molar-refractivity contribution in [1.29, 1.82) is 0 Å². The van der Waals surface area contributed by atoms with Gasteiger partial charge in [-0.25, -0.2) is 4.79 Å². The quantitative estimate of drug-likeness (QED) is 0.583. The number of anilines is 1. The van der Waals surface area contributed by atoms with Crippen LogP contribution in [0.4, 0.5) is 5.69 Å². The number of likely N-dealkylation sites (N-methyl/N-ethyl adjacent to an activating group) is 1. The van der Waals surface area contributed by atoms with Crippen LogP contribution in [0.25, 0.3) is 0 Å². The minimum atomic E-state index is -0.379. The Bertz CT molecular complexity index is 814. The summed E-state index contributed by atoms with van der Waals surface area (Å²) in [4.78, 5) is 26.6. The molecule has 2 aromatic rings. The summed E-state index contributed by atoms with van der Waals surface area (Å²) in [5.74, 6) is 0.734. The van der Waals surface area contributed by atoms with Crippen LogP contribution in [0, 0.1) is 5.92 Å². The highest BCUT2D eigenvalue weighted by Crippen LogP contribution is 2.16. The Morgan fingerprint density at radius 3 is 2.10 bits per heavy atom. The van der Waals surface area contributed by atoms with E-state index in [9.17, 15) is 9.59 Å². The molecule has 6 heteroatoms. The Morgan fingerprint density at radius 1 is 0.933 bits per heavy atom. The van der Waals surface area contributed by atoms with Crippen molar-refractivity contribution in [2.24, 2.45) is 5.92 Å². The van der Waals surface area contributed by atoms with Crippen molar-refractivity contribution in [2.45, 2.75) is 33.3 Å². The standard InChI is InChI=1S/C24H32N2O4/c1-17(2)14-15-29-22-12-8-19(9-13-22)23(27)25-21-10-6-20(7-11-21)24(28)30-18(3)16-26(4)5/h6-13,17-18H,14-16H2,1-5H3,(H,25,27). The molecule has 0 fully saturated rings. The van der Waals surface area contributed by atoms with Gasteiger partial charge in [-0.05, 0) is 81.9 Å². The predicted molar refractivity (Wildman–Crippen MR) is 119 cm³/mol. The molecule has 30 heavy (non-hydrogen) atoms. The molecule has 0 aliphatic rings. The SMILES string of the molecule is CC(C)CCOc1ccc(C(=O)Nc2ccc(C(=O)OC(C)CN(C)C)cc2)cc1. The number of esters is 1. The number of ether oxygens (including phenoxy) is 2. The summed E-state index contributed by atoms with van der Waals surface area (Å²) in [6.07, 6.45) is 0.782. The van der Waals surface area contributed by atoms with Crippen LogP contribution in [0.5, 0.6) is 5.75 Å². The smallest absolute Gasteiger partial charge is 0.338 e. The maximum Gasteiger partial charge on any atom is 0.338 e. The Hall–Kier alpha value is -2.86. The lowest BCUT2D eigenvalue weighted by Crippen LogP contribution is -2.28. The van der Waals surface area contributed by atoms with Gasteiger partial charge in [-0.3, -0.25) is 4.79 Å². The van der Waals surface area contributed by atoms with Crippen LogP contribution < -0.4 is 10.1 Å². The summed E-state index contributed by atoms with van der Waals surface area (Å²) in [6.45, 7) is 7.47. The Labute approximate surface area is 179 Å². The minimum absolute atomic E-state index is 0.204. The normalized spacial score (nSPS) is 12.0. The summed E-state index contributed by atoms with van der Waals surface area (Å²) in [5, 5.41) is 2.83. The number of amides is 1. The van der Waals surface area contributed by atoms with Gasteiger partial charge in [0.15, 0.2) is 0 Å². The van der Waals surface area contributed by atoms with Crippen LogP contribution in [0.3, 0.4) is 0 Å². The largest absolute Gasteiger partial charge is 0.494 e. The van der Waals surface area contributed by atoms with Crippen molar-refractivity contribution in [3.63, 3.8) is 0 Å². The molecule has 0 aromatic heterocycles. The van der Waals surface area contributed by atoms with Gasteiger partial charge >= 0.3 is 5.97 Å². The number of hydrogen-bond acceptors (Lipinski definition) is 5. The van der Waals surface area contributed by atoms with E-state index in [0.29, 0.717) is 35.9 Å². The topological polar surface area (TPSA) is 67.9 Å². The third kappa shape index (κ3) is 7.87. The fourth-order valence-corrected chi connectivity index (χ4v) is 2.81. The van der Waals surface area contributed by atoms with Gasteiger partial charge in [0, 0.05) is 17.8 Å². The Morgan fingerprint density at radius 2 is 1.53 bits per heavy atom. The van der Waals surface area contributed by atoms with Crippen molar-refractivity contribution >= 4 is 17.6 Å². The molecular weight excluding hydrogens is 380 g/mol. The number of carbonyl (C=O) groups is 2. The molecule has 0 spiro atoms. The van der Waals surface area contributed by atoms with E-state index in [2.05, 4.69) is 19.2 Å². The zero-order valence-corrected chi connectivity index (χ0v) is 18.5. The molecule has 1 amide bonds. The van der Waals surface area contributed by atoms with Crippen LogP contribution in [0.1, 0.15) is 47.9 Å². The van der Waals surface area contributed by atoms with Gasteiger partial charge in [-0.2, -0.15) is 0 Å². The van der Waals surface area contributed by atoms with Crippen LogP contribution in [0.15, 0.2) is 48.5 Å². The van der Waals surface area contributed by atoms with E-state index >= 15 is 0 Å². The summed E-state index contributed by atoms with van der Waals surface area (Å²) < 4.78 is 11.1. The molecule has 0 bridgehead atoms. The van der Waals surface area contributed by atoms with E-state index in [1.807, 2.05) is 25.9 Å². The average molecular weight is 413 g/mol. The van der Waals surface area contributed by atoms with Crippen LogP contribution >= 0.6 is 0 Å². The molecule has 0 heterocycles. The molecule has 1 unspecified atom stereocenters. The molecule has 1 N–H and O–H groups in total. The van der Waals surface area contributed by atoms with E-state index in [4.69, 9.17) is 9.47 Å². The van der Waals surface area contributed by atoms with Gasteiger partial charge in [0.1, 0.15) is 11.9 Å². The maximum atomic E-state index is 12.4. The first-order chi connectivity index (χ1) is 14.2. The van der Waals surface area contributed by atoms with E-state index in [1.54, 1.807) is 48.5 Å². The number of nitrogens with one attached hydrogen (secondary N) is 1. The van der Waals surface area contributed by atoms with E-state index < -0.39 is 0 Å². The molecule has 0 saturated heterocycles. The van der Waals surface area contributed by atoms with Crippen molar-refractivity contribution in [1.82, 2.24) is 4.90 Å². The third-order valence-corrected chi connectivity index (χ3v) is 4.39. The third-order valence-electron chi connectivity index (χ3n) is 4.39. The first-order valence-electron chi connectivity index (χ1n) is 10.2. The number of nitrogens with zero attached hydrogens (tertiary/aromatic N) is 1. The van der Waals surface area contributed by atoms with E-state index in [0.717, 1.165) is 12.2 Å². The molecule has 6 nitrogen and oxygen atoms in total. The monoisotopic (exact) mass is 412 g/mol. The molecule has 162 valence electrons. The van der Waals surface area contributed by atoms with Gasteiger partial charge in [-0.15, -0.1) is 0 Å². The summed E-state index contributed by atoms with van der Waals surface area (Å²) in [7, 11) is 3.85. The summed E-state index contributed by atoms with van der Waals surface area (Å²) in [5.41, 5.74) is 1.59. The van der Waals surface area contributed by atoms with E-state index in [1.165, 1.54) is 0 Å². The predicted octanol–water partition coefficient (Wildman–Crippen LogP) is 4.47. The van der Waals surface area contributed by atoms with Crippen LogP contribution in [0.2, 0.25) is 0 Å². The van der Waals surface area contributed by atoms with Gasteiger partial charge in [0.25, 0.3) is 5.91 Å². The number of hydrogen-bond donors (Lipinski definition) is 1. The highest BCUT2D eigenvalue weighted by molar-refractivity contribution is 6.04. The van der Waals surface area contributed by atoms with Crippen molar-refractivity contribution in [3.8, 4) is 5.75 Å². The fourth-order valence-electron chi connectivity index (χ4n) is 2.81. The summed E-state index contributed by atoms with van der Waals surface area (Å²) >= 11 is 0. The first kappa shape index (κ1) is 23.4. The second-order valence-electron chi connectivity index (χ2n) is 8.07. The summed E-state index contributed by atoms with van der Waals surface area (Å²) in [6, 6.07) is 13.7. The molecule has 1 atom stereocenters. The molecule has 2 aromatic carbocycles. The zero-order chi connectivity index (χ0) is 22.1. The lowest BCUT2D eigenvalue weighted by Gasteiger charge is -2.17. The average Bonchev–Trinajstić information content (AvgIpc) is 2.68. The zero-order valence-electron chi connectivity index (χ0n) is 18.5. The van der Waals surface area contributed by atoms with Crippen LogP contribution in [-0.2, 0) is 4.74 Å². The molecule has 0 aliphatic carbocycles. The first-order valence-corrected chi connectivity index (χ1v) is 10.2. The maximum absolute atomic E-state index is 12.4. The van der Waals surface area contributed by atoms with E-state index in [-0.39, 0.29) is 18.0 Å². The lowest BCUT2D eigenvalue weighted by atomic mass is 10.1. The van der Waals surface area contributed by atoms with Gasteiger partial charge in [-0.1, -0.05) is 13.8 Å². The van der Waals surface area contributed by atoms with Crippen LogP contribution in [-0.4, -0.2) is 50.1 Å². The van der Waals surface area contributed by atoms with Gasteiger partial charge in [0.2, 0.25) is 0 Å². The number of benzene rings is 2. The molecule has 0 aliphatic heterocycles. The highest BCUT2D eigenvalue weighted by atomic mass is 16.5. The Kier molecular flexibility index (Phi) is 8.87. The molecule has 0 saturated carbocycles. The molecule has 0 radical (unpaired) electrons. The van der Waals surface area contributed by atoms with Crippen molar-refractivity contribution in [3.05, 3.63) is 59.7 Å².